The predicted octanol–water partition coefficient (Wildman–Crippen LogP) is 4.12. The van der Waals surface area contributed by atoms with Gasteiger partial charge in [-0.1, -0.05) is 43.0 Å². The highest BCUT2D eigenvalue weighted by Gasteiger charge is 2.32. The third-order valence-corrected chi connectivity index (χ3v) is 7.84. The maximum atomic E-state index is 13.7. The van der Waals surface area contributed by atoms with Gasteiger partial charge < -0.3 is 15.0 Å². The minimum absolute atomic E-state index is 0.0113. The Bertz CT molecular complexity index is 1200. The third kappa shape index (κ3) is 7.82. The van der Waals surface area contributed by atoms with Gasteiger partial charge in [-0.2, -0.15) is 0 Å². The number of nitrogens with zero attached hydrogens (tertiary/aromatic N) is 2. The zero-order valence-electron chi connectivity index (χ0n) is 21.2. The maximum absolute atomic E-state index is 13.7. The van der Waals surface area contributed by atoms with Crippen LogP contribution in [0, 0.1) is 5.82 Å². The van der Waals surface area contributed by atoms with Crippen LogP contribution in [0.1, 0.15) is 44.6 Å². The van der Waals surface area contributed by atoms with Crippen LogP contribution in [0.2, 0.25) is 5.02 Å². The van der Waals surface area contributed by atoms with E-state index >= 15 is 0 Å². The molecule has 0 aliphatic heterocycles. The Hall–Kier alpha value is -2.85. The molecule has 3 rings (SSSR count). The standard InChI is InChI=1S/C26H33ClFN3O5S/c1-18(26(33)29-22-7-5-4-6-8-22)30(16-19-9-12-21(28)13-10-19)25(32)17-31(37(3,34)35)23-15-20(27)11-14-24(23)36-2/h9-15,18,22H,4-8,16-17H2,1-3H3,(H,29,33)/t18-/m0/s1. The molecule has 1 fully saturated rings. The average Bonchev–Trinajstić information content (AvgIpc) is 2.86. The number of nitrogens with one attached hydrogen (secondary N) is 1. The fraction of sp³-hybridized carbons (Fsp3) is 0.462. The summed E-state index contributed by atoms with van der Waals surface area (Å²) >= 11 is 6.12. The summed E-state index contributed by atoms with van der Waals surface area (Å²) in [4.78, 5) is 28.1. The number of amides is 2. The van der Waals surface area contributed by atoms with Crippen LogP contribution in [-0.2, 0) is 26.2 Å². The van der Waals surface area contributed by atoms with E-state index in [0.717, 1.165) is 42.7 Å². The Labute approximate surface area is 222 Å². The molecule has 1 saturated carbocycles. The van der Waals surface area contributed by atoms with Crippen molar-refractivity contribution in [2.45, 2.75) is 57.7 Å². The van der Waals surface area contributed by atoms with Gasteiger partial charge in [-0.15, -0.1) is 0 Å². The second-order valence-corrected chi connectivity index (χ2v) is 11.6. The van der Waals surface area contributed by atoms with E-state index in [1.165, 1.54) is 48.4 Å². The van der Waals surface area contributed by atoms with Crippen molar-refractivity contribution >= 4 is 39.1 Å². The van der Waals surface area contributed by atoms with Gasteiger partial charge in [-0.05, 0) is 55.7 Å². The van der Waals surface area contributed by atoms with Gasteiger partial charge >= 0.3 is 0 Å². The molecule has 202 valence electrons. The van der Waals surface area contributed by atoms with Crippen LogP contribution in [0.3, 0.4) is 0 Å². The van der Waals surface area contributed by atoms with Crippen molar-refractivity contribution in [1.29, 1.82) is 0 Å². The third-order valence-electron chi connectivity index (χ3n) is 6.47. The van der Waals surface area contributed by atoms with E-state index in [-0.39, 0.29) is 35.0 Å². The first-order valence-electron chi connectivity index (χ1n) is 12.1. The molecule has 1 atom stereocenters. The second-order valence-electron chi connectivity index (χ2n) is 9.25. The summed E-state index contributed by atoms with van der Waals surface area (Å²) in [6.07, 6.45) is 5.92. The molecule has 0 aromatic heterocycles. The van der Waals surface area contributed by atoms with Crippen LogP contribution in [0.15, 0.2) is 42.5 Å². The van der Waals surface area contributed by atoms with E-state index < -0.39 is 34.3 Å². The minimum Gasteiger partial charge on any atom is -0.495 e. The summed E-state index contributed by atoms with van der Waals surface area (Å²) in [5, 5.41) is 3.29. The molecule has 1 aliphatic carbocycles. The number of carbonyl (C=O) groups excluding carboxylic acids is 2. The zero-order chi connectivity index (χ0) is 27.2. The largest absolute Gasteiger partial charge is 0.495 e. The van der Waals surface area contributed by atoms with Crippen molar-refractivity contribution in [3.63, 3.8) is 0 Å². The molecule has 0 spiro atoms. The topological polar surface area (TPSA) is 96.0 Å². The summed E-state index contributed by atoms with van der Waals surface area (Å²) in [5.74, 6) is -1.14. The molecule has 0 heterocycles. The number of halogens is 2. The number of rotatable bonds is 10. The van der Waals surface area contributed by atoms with E-state index in [1.807, 2.05) is 0 Å². The Morgan fingerprint density at radius 3 is 2.38 bits per heavy atom. The van der Waals surface area contributed by atoms with Gasteiger partial charge in [-0.3, -0.25) is 13.9 Å². The lowest BCUT2D eigenvalue weighted by atomic mass is 9.95. The van der Waals surface area contributed by atoms with Crippen molar-refractivity contribution < 1.29 is 27.1 Å². The molecule has 37 heavy (non-hydrogen) atoms. The number of methoxy groups -OCH3 is 1. The fourth-order valence-corrected chi connectivity index (χ4v) is 5.40. The molecule has 2 amide bonds. The maximum Gasteiger partial charge on any atom is 0.244 e. The minimum atomic E-state index is -3.95. The molecule has 1 N–H and O–H groups in total. The molecule has 2 aromatic rings. The first kappa shape index (κ1) is 28.7. The molecular formula is C26H33ClFN3O5S. The predicted molar refractivity (Wildman–Crippen MR) is 142 cm³/mol. The lowest BCUT2D eigenvalue weighted by molar-refractivity contribution is -0.139. The van der Waals surface area contributed by atoms with E-state index in [9.17, 15) is 22.4 Å². The highest BCUT2D eigenvalue weighted by atomic mass is 35.5. The number of hydrogen-bond acceptors (Lipinski definition) is 5. The van der Waals surface area contributed by atoms with Gasteiger partial charge in [0, 0.05) is 17.6 Å². The first-order valence-corrected chi connectivity index (χ1v) is 14.4. The summed E-state index contributed by atoms with van der Waals surface area (Å²) in [5.41, 5.74) is 0.699. The van der Waals surface area contributed by atoms with Gasteiger partial charge in [-0.25, -0.2) is 12.8 Å². The Morgan fingerprint density at radius 2 is 1.78 bits per heavy atom. The van der Waals surface area contributed by atoms with Crippen molar-refractivity contribution in [1.82, 2.24) is 10.2 Å². The summed E-state index contributed by atoms with van der Waals surface area (Å²) in [6.45, 7) is 1.00. The van der Waals surface area contributed by atoms with Crippen molar-refractivity contribution in [3.05, 3.63) is 58.9 Å². The van der Waals surface area contributed by atoms with Crippen molar-refractivity contribution in [3.8, 4) is 5.75 Å². The monoisotopic (exact) mass is 553 g/mol. The lowest BCUT2D eigenvalue weighted by Crippen LogP contribution is -2.53. The molecule has 0 radical (unpaired) electrons. The van der Waals surface area contributed by atoms with E-state index in [2.05, 4.69) is 5.32 Å². The summed E-state index contributed by atoms with van der Waals surface area (Å²) in [6, 6.07) is 9.18. The first-order chi connectivity index (χ1) is 17.5. The molecular weight excluding hydrogens is 521 g/mol. The van der Waals surface area contributed by atoms with Crippen LogP contribution >= 0.6 is 11.6 Å². The number of ether oxygens (including phenoxy) is 1. The molecule has 0 bridgehead atoms. The lowest BCUT2D eigenvalue weighted by Gasteiger charge is -2.33. The van der Waals surface area contributed by atoms with Crippen molar-refractivity contribution in [2.75, 3.05) is 24.2 Å². The molecule has 1 aliphatic rings. The fourth-order valence-electron chi connectivity index (χ4n) is 4.39. The van der Waals surface area contributed by atoms with E-state index in [1.54, 1.807) is 13.0 Å². The molecule has 8 nitrogen and oxygen atoms in total. The summed E-state index contributed by atoms with van der Waals surface area (Å²) < 4.78 is 45.2. The molecule has 2 aromatic carbocycles. The number of sulfonamides is 1. The highest BCUT2D eigenvalue weighted by Crippen LogP contribution is 2.33. The normalized spacial score (nSPS) is 15.1. The van der Waals surface area contributed by atoms with Gasteiger partial charge in [0.2, 0.25) is 21.8 Å². The quantitative estimate of drug-likeness (QED) is 0.477. The van der Waals surface area contributed by atoms with Crippen LogP contribution in [0.4, 0.5) is 10.1 Å². The Morgan fingerprint density at radius 1 is 1.14 bits per heavy atom. The number of benzene rings is 2. The summed E-state index contributed by atoms with van der Waals surface area (Å²) in [7, 11) is -2.56. The van der Waals surface area contributed by atoms with Crippen LogP contribution in [0.5, 0.6) is 5.75 Å². The number of anilines is 1. The van der Waals surface area contributed by atoms with Crippen LogP contribution < -0.4 is 14.4 Å². The number of carbonyl (C=O) groups is 2. The molecule has 11 heteroatoms. The van der Waals surface area contributed by atoms with Crippen LogP contribution in [0.25, 0.3) is 0 Å². The zero-order valence-corrected chi connectivity index (χ0v) is 22.8. The van der Waals surface area contributed by atoms with Gasteiger partial charge in [0.15, 0.2) is 0 Å². The Balaban J connectivity index is 1.91. The van der Waals surface area contributed by atoms with Gasteiger partial charge in [0.25, 0.3) is 0 Å². The smallest absolute Gasteiger partial charge is 0.244 e. The highest BCUT2D eigenvalue weighted by molar-refractivity contribution is 7.92. The average molecular weight is 554 g/mol. The van der Waals surface area contributed by atoms with E-state index in [0.29, 0.717) is 5.56 Å². The SMILES string of the molecule is COc1ccc(Cl)cc1N(CC(=O)N(Cc1ccc(F)cc1)[C@@H](C)C(=O)NC1CCCCC1)S(C)(=O)=O. The van der Waals surface area contributed by atoms with Crippen LogP contribution in [-0.4, -0.2) is 57.1 Å². The van der Waals surface area contributed by atoms with E-state index in [4.69, 9.17) is 16.3 Å². The Kier molecular flexibility index (Phi) is 9.78. The van der Waals surface area contributed by atoms with Crippen molar-refractivity contribution in [2.24, 2.45) is 0 Å². The van der Waals surface area contributed by atoms with Gasteiger partial charge in [0.05, 0.1) is 19.1 Å². The second kappa shape index (κ2) is 12.6. The molecule has 0 saturated heterocycles. The number of hydrogen-bond donors (Lipinski definition) is 1. The molecule has 0 unspecified atom stereocenters. The van der Waals surface area contributed by atoms with Gasteiger partial charge in [0.1, 0.15) is 24.2 Å².